The molecule has 2 aromatic carbocycles. The van der Waals surface area contributed by atoms with Gasteiger partial charge in [0.1, 0.15) is 5.75 Å². The van der Waals surface area contributed by atoms with Crippen LogP contribution in [0.2, 0.25) is 0 Å². The van der Waals surface area contributed by atoms with Crippen molar-refractivity contribution in [3.8, 4) is 5.75 Å². The van der Waals surface area contributed by atoms with Gasteiger partial charge < -0.3 is 19.5 Å². The van der Waals surface area contributed by atoms with Gasteiger partial charge in [0.05, 0.1) is 19.5 Å². The number of methoxy groups -OCH3 is 1. The second-order valence-corrected chi connectivity index (χ2v) is 11.4. The average Bonchev–Trinajstić information content (AvgIpc) is 3.38. The van der Waals surface area contributed by atoms with Crippen molar-refractivity contribution in [2.75, 3.05) is 33.3 Å². The summed E-state index contributed by atoms with van der Waals surface area (Å²) in [5.41, 5.74) is 1.74. The summed E-state index contributed by atoms with van der Waals surface area (Å²) >= 11 is 0. The third-order valence-corrected chi connectivity index (χ3v) is 8.61. The van der Waals surface area contributed by atoms with Gasteiger partial charge in [-0.1, -0.05) is 42.5 Å². The molecular weight excluding hydrogens is 518 g/mol. The third kappa shape index (κ3) is 7.24. The summed E-state index contributed by atoms with van der Waals surface area (Å²) in [6.07, 6.45) is 4.15. The molecule has 0 radical (unpaired) electrons. The Morgan fingerprint density at radius 2 is 1.82 bits per heavy atom. The van der Waals surface area contributed by atoms with Crippen LogP contribution in [0, 0.1) is 0 Å². The number of nitrogens with one attached hydrogen (secondary N) is 1. The predicted molar refractivity (Wildman–Crippen MR) is 146 cm³/mol. The molecule has 39 heavy (non-hydrogen) atoms. The highest BCUT2D eigenvalue weighted by molar-refractivity contribution is 7.89. The van der Waals surface area contributed by atoms with Gasteiger partial charge in [0.2, 0.25) is 11.8 Å². The maximum Gasteiger partial charge on any atom is 0.262 e. The number of nitrogens with zero attached hydrogens (tertiary/aromatic N) is 4. The molecule has 1 N–H and O–H groups in total. The van der Waals surface area contributed by atoms with Gasteiger partial charge in [0, 0.05) is 52.3 Å². The number of aryl methyl sites for hydroxylation is 2. The van der Waals surface area contributed by atoms with E-state index in [1.807, 2.05) is 54.6 Å². The molecule has 2 amide bonds. The fourth-order valence-electron chi connectivity index (χ4n) is 4.71. The van der Waals surface area contributed by atoms with E-state index in [1.165, 1.54) is 16.8 Å². The SMILES string of the molecule is COc1ccc(CCC(=O)N2CCCN(S(=O)(=O)c3cn(C)cn3)C(c3ccccc3)CC(=O)NCC2)cc1. The number of carbonyl (C=O) groups is 2. The van der Waals surface area contributed by atoms with E-state index in [2.05, 4.69) is 10.3 Å². The lowest BCUT2D eigenvalue weighted by Crippen LogP contribution is -2.39. The Labute approximate surface area is 229 Å². The van der Waals surface area contributed by atoms with E-state index in [0.29, 0.717) is 38.9 Å². The lowest BCUT2D eigenvalue weighted by Gasteiger charge is -2.30. The molecule has 1 fully saturated rings. The molecule has 1 saturated heterocycles. The number of hydrogen-bond acceptors (Lipinski definition) is 6. The minimum atomic E-state index is -4.02. The van der Waals surface area contributed by atoms with Crippen molar-refractivity contribution in [2.45, 2.75) is 36.8 Å². The molecule has 208 valence electrons. The standard InChI is InChI=1S/C28H35N5O5S/c1-31-20-27(30-21-31)39(36,37)33-17-6-16-32(28(35)14-11-22-9-12-24(38-2)13-10-22)18-15-29-26(34)19-25(33)23-7-4-3-5-8-23/h3-5,7-10,12-13,20-21,25H,6,11,14-19H2,1-2H3,(H,29,34). The lowest BCUT2D eigenvalue weighted by atomic mass is 10.0. The number of imidazole rings is 1. The van der Waals surface area contributed by atoms with E-state index in [-0.39, 0.29) is 29.8 Å². The minimum Gasteiger partial charge on any atom is -0.497 e. The highest BCUT2D eigenvalue weighted by atomic mass is 32.2. The van der Waals surface area contributed by atoms with Crippen molar-refractivity contribution in [1.82, 2.24) is 24.1 Å². The summed E-state index contributed by atoms with van der Waals surface area (Å²) in [5, 5.41) is 2.80. The number of carbonyl (C=O) groups excluding carboxylic acids is 2. The molecule has 1 unspecified atom stereocenters. The van der Waals surface area contributed by atoms with Crippen LogP contribution in [0.15, 0.2) is 72.1 Å². The zero-order valence-electron chi connectivity index (χ0n) is 22.3. The van der Waals surface area contributed by atoms with Crippen LogP contribution in [-0.2, 0) is 33.1 Å². The fourth-order valence-corrected chi connectivity index (χ4v) is 6.33. The Morgan fingerprint density at radius 1 is 1.08 bits per heavy atom. The number of hydrogen-bond donors (Lipinski definition) is 1. The highest BCUT2D eigenvalue weighted by Crippen LogP contribution is 2.30. The van der Waals surface area contributed by atoms with Gasteiger partial charge in [0.25, 0.3) is 10.0 Å². The largest absolute Gasteiger partial charge is 0.497 e. The molecule has 1 atom stereocenters. The van der Waals surface area contributed by atoms with Crippen LogP contribution in [0.25, 0.3) is 0 Å². The number of ether oxygens (including phenoxy) is 1. The minimum absolute atomic E-state index is 0.0402. The molecule has 2 heterocycles. The van der Waals surface area contributed by atoms with Gasteiger partial charge in [0.15, 0.2) is 5.03 Å². The maximum absolute atomic E-state index is 13.8. The molecule has 3 aromatic rings. The zero-order valence-corrected chi connectivity index (χ0v) is 23.1. The number of amides is 2. The Morgan fingerprint density at radius 3 is 2.49 bits per heavy atom. The Bertz CT molecular complexity index is 1360. The summed E-state index contributed by atoms with van der Waals surface area (Å²) in [7, 11) is -0.711. The Balaban J connectivity index is 1.54. The predicted octanol–water partition coefficient (Wildman–Crippen LogP) is 2.53. The van der Waals surface area contributed by atoms with Crippen molar-refractivity contribution in [3.63, 3.8) is 0 Å². The average molecular weight is 554 g/mol. The Kier molecular flexibility index (Phi) is 9.36. The van der Waals surface area contributed by atoms with E-state index in [0.717, 1.165) is 16.9 Å². The summed E-state index contributed by atoms with van der Waals surface area (Å²) in [6.45, 7) is 1.15. The van der Waals surface area contributed by atoms with Gasteiger partial charge in [-0.15, -0.1) is 0 Å². The van der Waals surface area contributed by atoms with Crippen LogP contribution < -0.4 is 10.1 Å². The molecule has 0 aliphatic carbocycles. The number of aromatic nitrogens is 2. The Hall–Kier alpha value is -3.70. The smallest absolute Gasteiger partial charge is 0.262 e. The molecular formula is C28H35N5O5S. The first kappa shape index (κ1) is 28.3. The van der Waals surface area contributed by atoms with Gasteiger partial charge in [-0.05, 0) is 36.1 Å². The topological polar surface area (TPSA) is 114 Å². The molecule has 0 saturated carbocycles. The summed E-state index contributed by atoms with van der Waals surface area (Å²) in [6, 6.07) is 16.0. The van der Waals surface area contributed by atoms with Crippen LogP contribution in [-0.4, -0.2) is 72.3 Å². The fraction of sp³-hybridized carbons (Fsp3) is 0.393. The normalized spacial score (nSPS) is 17.7. The molecule has 11 heteroatoms. The van der Waals surface area contributed by atoms with E-state index in [1.54, 1.807) is 23.6 Å². The van der Waals surface area contributed by atoms with Gasteiger partial charge in [-0.3, -0.25) is 9.59 Å². The van der Waals surface area contributed by atoms with Gasteiger partial charge >= 0.3 is 0 Å². The maximum atomic E-state index is 13.8. The quantitative estimate of drug-likeness (QED) is 0.481. The molecule has 1 aliphatic heterocycles. The van der Waals surface area contributed by atoms with Gasteiger partial charge in [-0.2, -0.15) is 4.31 Å². The van der Waals surface area contributed by atoms with E-state index in [9.17, 15) is 18.0 Å². The van der Waals surface area contributed by atoms with E-state index < -0.39 is 16.1 Å². The molecule has 1 aliphatic rings. The van der Waals surface area contributed by atoms with Crippen LogP contribution >= 0.6 is 0 Å². The second kappa shape index (κ2) is 12.9. The molecule has 4 rings (SSSR count). The number of sulfonamides is 1. The monoisotopic (exact) mass is 553 g/mol. The first-order chi connectivity index (χ1) is 18.8. The third-order valence-electron chi connectivity index (χ3n) is 6.81. The van der Waals surface area contributed by atoms with Crippen molar-refractivity contribution < 1.29 is 22.7 Å². The van der Waals surface area contributed by atoms with Crippen molar-refractivity contribution in [1.29, 1.82) is 0 Å². The number of rotatable bonds is 7. The van der Waals surface area contributed by atoms with Crippen molar-refractivity contribution >= 4 is 21.8 Å². The van der Waals surface area contributed by atoms with E-state index in [4.69, 9.17) is 4.74 Å². The molecule has 10 nitrogen and oxygen atoms in total. The summed E-state index contributed by atoms with van der Waals surface area (Å²) in [5.74, 6) is 0.433. The first-order valence-electron chi connectivity index (χ1n) is 13.0. The highest BCUT2D eigenvalue weighted by Gasteiger charge is 2.35. The molecule has 0 bridgehead atoms. The zero-order chi connectivity index (χ0) is 27.8. The first-order valence-corrected chi connectivity index (χ1v) is 14.4. The molecule has 0 spiro atoms. The number of benzene rings is 2. The van der Waals surface area contributed by atoms with Crippen LogP contribution in [0.5, 0.6) is 5.75 Å². The summed E-state index contributed by atoms with van der Waals surface area (Å²) in [4.78, 5) is 31.9. The lowest BCUT2D eigenvalue weighted by molar-refractivity contribution is -0.131. The summed E-state index contributed by atoms with van der Waals surface area (Å²) < 4.78 is 35.7. The van der Waals surface area contributed by atoms with Crippen LogP contribution in [0.4, 0.5) is 0 Å². The van der Waals surface area contributed by atoms with E-state index >= 15 is 0 Å². The van der Waals surface area contributed by atoms with Crippen LogP contribution in [0.1, 0.15) is 36.4 Å². The van der Waals surface area contributed by atoms with Crippen molar-refractivity contribution in [2.24, 2.45) is 7.05 Å². The van der Waals surface area contributed by atoms with Crippen molar-refractivity contribution in [3.05, 3.63) is 78.2 Å². The molecule has 1 aromatic heterocycles. The second-order valence-electron chi connectivity index (χ2n) is 9.56. The van der Waals surface area contributed by atoms with Crippen LogP contribution in [0.3, 0.4) is 0 Å². The van der Waals surface area contributed by atoms with Gasteiger partial charge in [-0.25, -0.2) is 13.4 Å².